The Morgan fingerprint density at radius 2 is 1.85 bits per heavy atom. The fourth-order valence-electron chi connectivity index (χ4n) is 3.49. The summed E-state index contributed by atoms with van der Waals surface area (Å²) in [6.45, 7) is 5.53. The molecule has 1 aromatic heterocycles. The Hall–Kier alpha value is -1.21. The maximum absolute atomic E-state index is 9.72. The highest BCUT2D eigenvalue weighted by Crippen LogP contribution is 2.22. The van der Waals surface area contributed by atoms with Gasteiger partial charge in [0.1, 0.15) is 0 Å². The number of rotatable bonds is 8. The first kappa shape index (κ1) is 20.5. The Bertz CT molecular complexity index is 778. The molecular formula is C20H29ClN4OS. The second-order valence-electron chi connectivity index (χ2n) is 7.32. The van der Waals surface area contributed by atoms with Crippen molar-refractivity contribution in [3.05, 3.63) is 34.1 Å². The van der Waals surface area contributed by atoms with E-state index in [-0.39, 0.29) is 6.10 Å². The first-order valence-corrected chi connectivity index (χ1v) is 10.7. The lowest BCUT2D eigenvalue weighted by atomic mass is 10.1. The molecule has 0 spiro atoms. The van der Waals surface area contributed by atoms with Crippen LogP contribution in [-0.4, -0.2) is 43.5 Å². The molecule has 0 saturated carbocycles. The summed E-state index contributed by atoms with van der Waals surface area (Å²) in [6, 6.07) is 7.80. The molecular weight excluding hydrogens is 380 g/mol. The summed E-state index contributed by atoms with van der Waals surface area (Å²) in [5.41, 5.74) is 1.04. The molecule has 2 heterocycles. The SMILES string of the molecule is CCCCCCn1c(-c2ccc(Cl)cc2)nn(CN2CCC(O)CC2)c1=S. The van der Waals surface area contributed by atoms with Crippen LogP contribution in [-0.2, 0) is 13.2 Å². The number of unbranched alkanes of at least 4 members (excludes halogenated alkanes) is 3. The molecule has 27 heavy (non-hydrogen) atoms. The van der Waals surface area contributed by atoms with Crippen molar-refractivity contribution in [2.75, 3.05) is 13.1 Å². The van der Waals surface area contributed by atoms with Crippen molar-refractivity contribution < 1.29 is 5.11 Å². The van der Waals surface area contributed by atoms with Gasteiger partial charge in [-0.15, -0.1) is 0 Å². The third-order valence-corrected chi connectivity index (χ3v) is 5.83. The zero-order valence-electron chi connectivity index (χ0n) is 16.0. The monoisotopic (exact) mass is 408 g/mol. The molecule has 0 atom stereocenters. The lowest BCUT2D eigenvalue weighted by molar-refractivity contribution is 0.0650. The minimum absolute atomic E-state index is 0.171. The Morgan fingerprint density at radius 3 is 2.52 bits per heavy atom. The van der Waals surface area contributed by atoms with Crippen LogP contribution in [0, 0.1) is 4.77 Å². The predicted octanol–water partition coefficient (Wildman–Crippen LogP) is 4.73. The molecule has 1 N–H and O–H groups in total. The third kappa shape index (κ3) is 5.41. The van der Waals surface area contributed by atoms with E-state index < -0.39 is 0 Å². The van der Waals surface area contributed by atoms with Gasteiger partial charge in [-0.05, 0) is 55.7 Å². The van der Waals surface area contributed by atoms with E-state index in [4.69, 9.17) is 28.9 Å². The van der Waals surface area contributed by atoms with Crippen LogP contribution in [0.15, 0.2) is 24.3 Å². The third-order valence-electron chi connectivity index (χ3n) is 5.15. The molecule has 1 aliphatic rings. The molecule has 0 amide bonds. The Balaban J connectivity index is 1.83. The second-order valence-corrected chi connectivity index (χ2v) is 8.12. The average Bonchev–Trinajstić information content (AvgIpc) is 2.97. The summed E-state index contributed by atoms with van der Waals surface area (Å²) in [4.78, 5) is 2.31. The number of benzene rings is 1. The lowest BCUT2D eigenvalue weighted by Gasteiger charge is -2.28. The molecule has 148 valence electrons. The molecule has 5 nitrogen and oxygen atoms in total. The van der Waals surface area contributed by atoms with Crippen molar-refractivity contribution in [1.29, 1.82) is 0 Å². The van der Waals surface area contributed by atoms with Gasteiger partial charge in [0, 0.05) is 30.2 Å². The summed E-state index contributed by atoms with van der Waals surface area (Å²) >= 11 is 11.8. The fourth-order valence-corrected chi connectivity index (χ4v) is 3.90. The number of likely N-dealkylation sites (tertiary alicyclic amines) is 1. The molecule has 0 aliphatic carbocycles. The first-order chi connectivity index (χ1) is 13.1. The zero-order valence-corrected chi connectivity index (χ0v) is 17.6. The highest BCUT2D eigenvalue weighted by atomic mass is 35.5. The van der Waals surface area contributed by atoms with Crippen LogP contribution in [0.1, 0.15) is 45.4 Å². The maximum atomic E-state index is 9.72. The summed E-state index contributed by atoms with van der Waals surface area (Å²) in [6.07, 6.45) is 6.22. The number of halogens is 1. The van der Waals surface area contributed by atoms with Gasteiger partial charge < -0.3 is 5.11 Å². The lowest BCUT2D eigenvalue weighted by Crippen LogP contribution is -2.37. The molecule has 2 aromatic rings. The van der Waals surface area contributed by atoms with Crippen molar-refractivity contribution in [3.8, 4) is 11.4 Å². The molecule has 3 rings (SSSR count). The normalized spacial score (nSPS) is 16.1. The first-order valence-electron chi connectivity index (χ1n) is 9.92. The molecule has 1 saturated heterocycles. The van der Waals surface area contributed by atoms with Gasteiger partial charge in [-0.3, -0.25) is 9.47 Å². The van der Waals surface area contributed by atoms with E-state index in [2.05, 4.69) is 16.4 Å². The number of hydrogen-bond donors (Lipinski definition) is 1. The van der Waals surface area contributed by atoms with Crippen molar-refractivity contribution >= 4 is 23.8 Å². The molecule has 7 heteroatoms. The highest BCUT2D eigenvalue weighted by molar-refractivity contribution is 7.71. The zero-order chi connectivity index (χ0) is 19.2. The van der Waals surface area contributed by atoms with Crippen LogP contribution in [0.2, 0.25) is 5.02 Å². The molecule has 0 unspecified atom stereocenters. The van der Waals surface area contributed by atoms with Crippen LogP contribution >= 0.6 is 23.8 Å². The van der Waals surface area contributed by atoms with Crippen molar-refractivity contribution in [1.82, 2.24) is 19.2 Å². The minimum Gasteiger partial charge on any atom is -0.393 e. The summed E-state index contributed by atoms with van der Waals surface area (Å²) in [5.74, 6) is 0.908. The van der Waals surface area contributed by atoms with Gasteiger partial charge in [-0.1, -0.05) is 37.8 Å². The predicted molar refractivity (Wildman–Crippen MR) is 112 cm³/mol. The van der Waals surface area contributed by atoms with Crippen LogP contribution in [0.5, 0.6) is 0 Å². The van der Waals surface area contributed by atoms with E-state index >= 15 is 0 Å². The van der Waals surface area contributed by atoms with Gasteiger partial charge in [0.25, 0.3) is 0 Å². The van der Waals surface area contributed by atoms with E-state index in [1.807, 2.05) is 28.9 Å². The smallest absolute Gasteiger partial charge is 0.199 e. The number of aromatic nitrogens is 3. The Labute approximate surface area is 171 Å². The van der Waals surface area contributed by atoms with Gasteiger partial charge in [-0.2, -0.15) is 5.10 Å². The molecule has 1 aromatic carbocycles. The van der Waals surface area contributed by atoms with Crippen LogP contribution < -0.4 is 0 Å². The van der Waals surface area contributed by atoms with Gasteiger partial charge in [0.15, 0.2) is 10.6 Å². The number of nitrogens with zero attached hydrogens (tertiary/aromatic N) is 4. The van der Waals surface area contributed by atoms with E-state index in [1.165, 1.54) is 19.3 Å². The maximum Gasteiger partial charge on any atom is 0.199 e. The summed E-state index contributed by atoms with van der Waals surface area (Å²) < 4.78 is 4.85. The van der Waals surface area contributed by atoms with Gasteiger partial charge in [0.2, 0.25) is 0 Å². The largest absolute Gasteiger partial charge is 0.393 e. The molecule has 1 aliphatic heterocycles. The van der Waals surface area contributed by atoms with E-state index in [0.717, 1.165) is 60.1 Å². The van der Waals surface area contributed by atoms with E-state index in [1.54, 1.807) is 0 Å². The van der Waals surface area contributed by atoms with Crippen LogP contribution in [0.3, 0.4) is 0 Å². The van der Waals surface area contributed by atoms with Crippen LogP contribution in [0.4, 0.5) is 0 Å². The number of hydrogen-bond acceptors (Lipinski definition) is 4. The van der Waals surface area contributed by atoms with Crippen molar-refractivity contribution in [2.24, 2.45) is 0 Å². The van der Waals surface area contributed by atoms with Crippen LogP contribution in [0.25, 0.3) is 11.4 Å². The number of piperidine rings is 1. The molecule has 0 bridgehead atoms. The van der Waals surface area contributed by atoms with E-state index in [9.17, 15) is 5.11 Å². The van der Waals surface area contributed by atoms with E-state index in [0.29, 0.717) is 6.67 Å². The summed E-state index contributed by atoms with van der Waals surface area (Å²) in [5, 5.41) is 15.3. The summed E-state index contributed by atoms with van der Waals surface area (Å²) in [7, 11) is 0. The second kappa shape index (κ2) is 9.82. The standard InChI is InChI=1S/C20H29ClN4OS/c1-2-3-4-5-12-24-19(16-6-8-17(21)9-7-16)22-25(20(24)27)15-23-13-10-18(26)11-14-23/h6-9,18,26H,2-5,10-15H2,1H3. The minimum atomic E-state index is -0.171. The van der Waals surface area contributed by atoms with Gasteiger partial charge >= 0.3 is 0 Å². The van der Waals surface area contributed by atoms with Gasteiger partial charge in [0.05, 0.1) is 12.8 Å². The topological polar surface area (TPSA) is 46.2 Å². The van der Waals surface area contributed by atoms with Gasteiger partial charge in [-0.25, -0.2) is 4.68 Å². The Kier molecular flexibility index (Phi) is 7.47. The average molecular weight is 409 g/mol. The number of aliphatic hydroxyl groups excluding tert-OH is 1. The highest BCUT2D eigenvalue weighted by Gasteiger charge is 2.19. The fraction of sp³-hybridized carbons (Fsp3) is 0.600. The van der Waals surface area contributed by atoms with Crippen molar-refractivity contribution in [2.45, 2.75) is 64.8 Å². The number of aliphatic hydroxyl groups is 1. The Morgan fingerprint density at radius 1 is 1.15 bits per heavy atom. The van der Waals surface area contributed by atoms with Crippen molar-refractivity contribution in [3.63, 3.8) is 0 Å². The molecule has 0 radical (unpaired) electrons. The quantitative estimate of drug-likeness (QED) is 0.506. The molecule has 1 fully saturated rings.